The van der Waals surface area contributed by atoms with E-state index in [1.165, 1.54) is 23.3 Å². The first-order valence-electron chi connectivity index (χ1n) is 9.80. The Morgan fingerprint density at radius 2 is 2.17 bits per heavy atom. The molecule has 0 saturated carbocycles. The average Bonchev–Trinajstić information content (AvgIpc) is 3.26. The third-order valence-electron chi connectivity index (χ3n) is 5.63. The number of halogens is 1. The first-order chi connectivity index (χ1) is 14.0. The highest BCUT2D eigenvalue weighted by Crippen LogP contribution is 2.32. The molecule has 6 heteroatoms. The molecule has 0 radical (unpaired) electrons. The van der Waals surface area contributed by atoms with Crippen molar-refractivity contribution in [2.45, 2.75) is 32.2 Å². The van der Waals surface area contributed by atoms with Crippen LogP contribution in [0.1, 0.15) is 40.4 Å². The van der Waals surface area contributed by atoms with Gasteiger partial charge in [0.25, 0.3) is 5.91 Å². The van der Waals surface area contributed by atoms with Crippen LogP contribution in [0.3, 0.4) is 0 Å². The maximum Gasteiger partial charge on any atom is 0.267 e. The molecule has 1 unspecified atom stereocenters. The third-order valence-corrected chi connectivity index (χ3v) is 5.63. The number of H-pyrrole nitrogens is 1. The van der Waals surface area contributed by atoms with Crippen molar-refractivity contribution >= 4 is 22.9 Å². The fourth-order valence-corrected chi connectivity index (χ4v) is 4.21. The smallest absolute Gasteiger partial charge is 0.267 e. The van der Waals surface area contributed by atoms with Crippen molar-refractivity contribution in [1.82, 2.24) is 15.8 Å². The predicted molar refractivity (Wildman–Crippen MR) is 111 cm³/mol. The molecule has 1 heterocycles. The summed E-state index contributed by atoms with van der Waals surface area (Å²) >= 11 is 0. The van der Waals surface area contributed by atoms with E-state index in [9.17, 15) is 9.18 Å². The van der Waals surface area contributed by atoms with E-state index < -0.39 is 5.91 Å². The van der Waals surface area contributed by atoms with Crippen molar-refractivity contribution in [3.05, 3.63) is 76.2 Å². The monoisotopic (exact) mass is 393 g/mol. The Hall–Kier alpha value is -2.96. The minimum Gasteiger partial charge on any atom is -0.358 e. The molecule has 2 aromatic carbocycles. The Kier molecular flexibility index (Phi) is 5.47. The van der Waals surface area contributed by atoms with Crippen LogP contribution in [0.15, 0.2) is 42.5 Å². The van der Waals surface area contributed by atoms with Gasteiger partial charge in [0.15, 0.2) is 0 Å². The number of carbonyl (C=O) groups excluding carboxylic acids is 1. The van der Waals surface area contributed by atoms with Gasteiger partial charge in [-0.05, 0) is 79.3 Å². The molecule has 1 aromatic heterocycles. The predicted octanol–water partition coefficient (Wildman–Crippen LogP) is 3.95. The average molecular weight is 393 g/mol. The van der Waals surface area contributed by atoms with Gasteiger partial charge in [-0.1, -0.05) is 18.2 Å². The number of aryl methyl sites for hydroxylation is 2. The van der Waals surface area contributed by atoms with Gasteiger partial charge in [-0.2, -0.15) is 0 Å². The van der Waals surface area contributed by atoms with Crippen LogP contribution in [0.4, 0.5) is 4.39 Å². The van der Waals surface area contributed by atoms with Crippen molar-refractivity contribution in [2.75, 3.05) is 6.54 Å². The van der Waals surface area contributed by atoms with E-state index in [1.54, 1.807) is 23.7 Å². The van der Waals surface area contributed by atoms with Crippen LogP contribution in [0, 0.1) is 12.7 Å². The van der Waals surface area contributed by atoms with Crippen molar-refractivity contribution in [3.63, 3.8) is 0 Å². The Balaban J connectivity index is 1.42. The molecular weight excluding hydrogens is 369 g/mol. The second-order valence-corrected chi connectivity index (χ2v) is 7.48. The SMILES string of the molecule is Cc1[nH]c2ccc(F)cc2c1CCNC1CCc2cc(/C=C/C(=O)NO)ccc21. The molecule has 4 N–H and O–H groups in total. The van der Waals surface area contributed by atoms with E-state index in [0.29, 0.717) is 6.04 Å². The molecule has 1 aliphatic rings. The Bertz CT molecular complexity index is 1090. The fourth-order valence-electron chi connectivity index (χ4n) is 4.21. The number of carbonyl (C=O) groups is 1. The lowest BCUT2D eigenvalue weighted by Crippen LogP contribution is -2.22. The van der Waals surface area contributed by atoms with E-state index in [-0.39, 0.29) is 5.82 Å². The number of benzene rings is 2. The minimum absolute atomic E-state index is 0.211. The third kappa shape index (κ3) is 4.09. The maximum absolute atomic E-state index is 13.6. The zero-order chi connectivity index (χ0) is 20.4. The number of aromatic amines is 1. The van der Waals surface area contributed by atoms with Crippen LogP contribution in [0.25, 0.3) is 17.0 Å². The van der Waals surface area contributed by atoms with Gasteiger partial charge in [0.05, 0.1) is 0 Å². The number of hydrogen-bond acceptors (Lipinski definition) is 3. The van der Waals surface area contributed by atoms with Gasteiger partial charge in [-0.3, -0.25) is 10.0 Å². The highest BCUT2D eigenvalue weighted by Gasteiger charge is 2.22. The summed E-state index contributed by atoms with van der Waals surface area (Å²) in [6.07, 6.45) is 5.84. The second-order valence-electron chi connectivity index (χ2n) is 7.48. The summed E-state index contributed by atoms with van der Waals surface area (Å²) in [5.74, 6) is -0.755. The molecule has 0 saturated heterocycles. The van der Waals surface area contributed by atoms with Crippen LogP contribution < -0.4 is 10.8 Å². The first kappa shape index (κ1) is 19.4. The van der Waals surface area contributed by atoms with Gasteiger partial charge >= 0.3 is 0 Å². The molecule has 1 amide bonds. The zero-order valence-corrected chi connectivity index (χ0v) is 16.3. The van der Waals surface area contributed by atoms with Crippen molar-refractivity contribution < 1.29 is 14.4 Å². The minimum atomic E-state index is -0.544. The standard InChI is InChI=1S/C23H24FN3O2/c1-14-18(20-13-17(24)5-8-22(20)26-14)10-11-25-21-7-4-16-12-15(2-6-19(16)21)3-9-23(28)27-29/h2-3,5-6,8-9,12-13,21,25-26,29H,4,7,10-11H2,1H3,(H,27,28)/b9-3+. The second kappa shape index (κ2) is 8.19. The first-order valence-corrected chi connectivity index (χ1v) is 9.80. The number of hydroxylamine groups is 1. The number of amides is 1. The molecule has 3 aromatic rings. The lowest BCUT2D eigenvalue weighted by molar-refractivity contribution is -0.124. The molecule has 1 aliphatic carbocycles. The summed E-state index contributed by atoms with van der Waals surface area (Å²) < 4.78 is 13.6. The van der Waals surface area contributed by atoms with Gasteiger partial charge in [-0.25, -0.2) is 9.87 Å². The summed E-state index contributed by atoms with van der Waals surface area (Å²) in [6.45, 7) is 2.84. The number of rotatable bonds is 6. The largest absolute Gasteiger partial charge is 0.358 e. The van der Waals surface area contributed by atoms with E-state index in [0.717, 1.165) is 53.5 Å². The lowest BCUT2D eigenvalue weighted by Gasteiger charge is -2.14. The summed E-state index contributed by atoms with van der Waals surface area (Å²) in [5.41, 5.74) is 8.31. The Morgan fingerprint density at radius 1 is 1.31 bits per heavy atom. The van der Waals surface area contributed by atoms with Crippen LogP contribution in [0.2, 0.25) is 0 Å². The zero-order valence-electron chi connectivity index (χ0n) is 16.3. The molecule has 150 valence electrons. The van der Waals surface area contributed by atoms with Gasteiger partial charge in [0, 0.05) is 28.7 Å². The van der Waals surface area contributed by atoms with Gasteiger partial charge in [-0.15, -0.1) is 0 Å². The fraction of sp³-hybridized carbons (Fsp3) is 0.261. The normalized spacial score (nSPS) is 15.9. The van der Waals surface area contributed by atoms with Crippen LogP contribution in [-0.2, 0) is 17.6 Å². The van der Waals surface area contributed by atoms with Crippen LogP contribution >= 0.6 is 0 Å². The van der Waals surface area contributed by atoms with Crippen molar-refractivity contribution in [3.8, 4) is 0 Å². The summed E-state index contributed by atoms with van der Waals surface area (Å²) in [6, 6.07) is 11.3. The Labute approximate surface area is 168 Å². The molecule has 5 nitrogen and oxygen atoms in total. The quantitative estimate of drug-likeness (QED) is 0.291. The molecule has 29 heavy (non-hydrogen) atoms. The van der Waals surface area contributed by atoms with Gasteiger partial charge in [0.1, 0.15) is 5.82 Å². The van der Waals surface area contributed by atoms with E-state index in [1.807, 2.05) is 13.0 Å². The highest BCUT2D eigenvalue weighted by atomic mass is 19.1. The molecular formula is C23H24FN3O2. The lowest BCUT2D eigenvalue weighted by atomic mass is 10.0. The molecule has 0 aliphatic heterocycles. The summed E-state index contributed by atoms with van der Waals surface area (Å²) in [4.78, 5) is 14.5. The molecule has 0 spiro atoms. The van der Waals surface area contributed by atoms with Gasteiger partial charge in [0.2, 0.25) is 0 Å². The Morgan fingerprint density at radius 3 is 3.00 bits per heavy atom. The molecule has 1 atom stereocenters. The molecule has 4 rings (SSSR count). The van der Waals surface area contributed by atoms with Gasteiger partial charge < -0.3 is 10.3 Å². The van der Waals surface area contributed by atoms with E-state index in [4.69, 9.17) is 5.21 Å². The van der Waals surface area contributed by atoms with Crippen molar-refractivity contribution in [1.29, 1.82) is 0 Å². The summed E-state index contributed by atoms with van der Waals surface area (Å²) in [7, 11) is 0. The van der Waals surface area contributed by atoms with Crippen molar-refractivity contribution in [2.24, 2.45) is 0 Å². The maximum atomic E-state index is 13.6. The topological polar surface area (TPSA) is 77.2 Å². The van der Waals surface area contributed by atoms with E-state index >= 15 is 0 Å². The van der Waals surface area contributed by atoms with Crippen LogP contribution in [-0.4, -0.2) is 22.6 Å². The number of hydrogen-bond donors (Lipinski definition) is 4. The van der Waals surface area contributed by atoms with Crippen LogP contribution in [0.5, 0.6) is 0 Å². The molecule has 0 bridgehead atoms. The van der Waals surface area contributed by atoms with E-state index in [2.05, 4.69) is 22.4 Å². The molecule has 0 fully saturated rings. The number of aromatic nitrogens is 1. The number of fused-ring (bicyclic) bond motifs is 2. The number of nitrogens with one attached hydrogen (secondary N) is 3. The highest BCUT2D eigenvalue weighted by molar-refractivity contribution is 5.90. The summed E-state index contributed by atoms with van der Waals surface area (Å²) in [5, 5.41) is 13.2.